The van der Waals surface area contributed by atoms with Crippen LogP contribution < -0.4 is 14.8 Å². The predicted octanol–water partition coefficient (Wildman–Crippen LogP) is 3.25. The van der Waals surface area contributed by atoms with Crippen LogP contribution in [-0.4, -0.2) is 38.7 Å². The van der Waals surface area contributed by atoms with Gasteiger partial charge in [-0.15, -0.1) is 5.10 Å². The van der Waals surface area contributed by atoms with Gasteiger partial charge >= 0.3 is 0 Å². The highest BCUT2D eigenvalue weighted by molar-refractivity contribution is 7.99. The highest BCUT2D eigenvalue weighted by Crippen LogP contribution is 2.34. The minimum atomic E-state index is -0.159. The molecule has 0 fully saturated rings. The lowest BCUT2D eigenvalue weighted by Crippen LogP contribution is -2.14. The second kappa shape index (κ2) is 7.89. The molecule has 4 rings (SSSR count). The normalized spacial score (nSPS) is 12.4. The molecule has 144 valence electrons. The molecule has 0 unspecified atom stereocenters. The predicted molar refractivity (Wildman–Crippen MR) is 105 cm³/mol. The number of tetrazole rings is 1. The van der Waals surface area contributed by atoms with Crippen molar-refractivity contribution < 1.29 is 14.3 Å². The molecular formula is C19H19N5O3S. The van der Waals surface area contributed by atoms with E-state index in [9.17, 15) is 4.79 Å². The molecule has 2 heterocycles. The summed E-state index contributed by atoms with van der Waals surface area (Å²) in [5, 5.41) is 15.2. The number of ether oxygens (including phenoxy) is 2. The summed E-state index contributed by atoms with van der Waals surface area (Å²) in [7, 11) is 0. The molecule has 0 atom stereocenters. The number of nitrogens with one attached hydrogen (secondary N) is 1. The van der Waals surface area contributed by atoms with Crippen LogP contribution in [0, 0.1) is 0 Å². The summed E-state index contributed by atoms with van der Waals surface area (Å²) < 4.78 is 12.2. The highest BCUT2D eigenvalue weighted by atomic mass is 32.2. The second-order valence-electron chi connectivity index (χ2n) is 6.52. The molecule has 0 saturated carbocycles. The van der Waals surface area contributed by atoms with Crippen molar-refractivity contribution in [2.75, 3.05) is 17.9 Å². The van der Waals surface area contributed by atoms with E-state index in [0.717, 1.165) is 5.69 Å². The van der Waals surface area contributed by atoms with E-state index in [1.165, 1.54) is 17.3 Å². The molecule has 3 aromatic rings. The van der Waals surface area contributed by atoms with Crippen LogP contribution in [-0.2, 0) is 4.79 Å². The number of aromatic nitrogens is 4. The standard InChI is InChI=1S/C19H19N5O3S/c1-12(2)13-3-6-15(7-4-13)24-19(21-22-23-24)28-10-18(25)20-14-5-8-16-17(9-14)27-11-26-16/h3-9,12H,10-11H2,1-2H3,(H,20,25). The van der Waals surface area contributed by atoms with Gasteiger partial charge in [0.2, 0.25) is 17.9 Å². The number of benzene rings is 2. The number of thioether (sulfide) groups is 1. The Morgan fingerprint density at radius 1 is 1.18 bits per heavy atom. The van der Waals surface area contributed by atoms with E-state index in [1.807, 2.05) is 12.1 Å². The lowest BCUT2D eigenvalue weighted by Gasteiger charge is -2.08. The number of carbonyl (C=O) groups excluding carboxylic acids is 1. The maximum absolute atomic E-state index is 12.3. The van der Waals surface area contributed by atoms with Crippen molar-refractivity contribution in [3.63, 3.8) is 0 Å². The van der Waals surface area contributed by atoms with Crippen LogP contribution >= 0.6 is 11.8 Å². The SMILES string of the molecule is CC(C)c1ccc(-n2nnnc2SCC(=O)Nc2ccc3c(c2)OCO3)cc1. The van der Waals surface area contributed by atoms with Gasteiger partial charge in [0.05, 0.1) is 11.4 Å². The fourth-order valence-corrected chi connectivity index (χ4v) is 3.42. The number of hydrogen-bond acceptors (Lipinski definition) is 7. The lowest BCUT2D eigenvalue weighted by atomic mass is 10.0. The second-order valence-corrected chi connectivity index (χ2v) is 7.47. The van der Waals surface area contributed by atoms with E-state index in [1.54, 1.807) is 22.9 Å². The third kappa shape index (κ3) is 3.94. The first-order valence-electron chi connectivity index (χ1n) is 8.81. The summed E-state index contributed by atoms with van der Waals surface area (Å²) in [6, 6.07) is 13.4. The van der Waals surface area contributed by atoms with Crippen molar-refractivity contribution in [1.29, 1.82) is 0 Å². The molecular weight excluding hydrogens is 378 g/mol. The fourth-order valence-electron chi connectivity index (χ4n) is 2.73. The monoisotopic (exact) mass is 397 g/mol. The smallest absolute Gasteiger partial charge is 0.234 e. The number of amides is 1. The number of hydrogen-bond donors (Lipinski definition) is 1. The molecule has 1 aromatic heterocycles. The molecule has 9 heteroatoms. The van der Waals surface area contributed by atoms with Crippen molar-refractivity contribution in [3.8, 4) is 17.2 Å². The van der Waals surface area contributed by atoms with E-state index in [-0.39, 0.29) is 18.5 Å². The maximum atomic E-state index is 12.3. The zero-order valence-corrected chi connectivity index (χ0v) is 16.3. The number of anilines is 1. The van der Waals surface area contributed by atoms with E-state index in [0.29, 0.717) is 28.3 Å². The Hall–Kier alpha value is -3.07. The van der Waals surface area contributed by atoms with Crippen LogP contribution in [0.4, 0.5) is 5.69 Å². The van der Waals surface area contributed by atoms with Gasteiger partial charge in [-0.3, -0.25) is 4.79 Å². The van der Waals surface area contributed by atoms with E-state index >= 15 is 0 Å². The van der Waals surface area contributed by atoms with Gasteiger partial charge in [0.15, 0.2) is 11.5 Å². The van der Waals surface area contributed by atoms with Crippen molar-refractivity contribution in [1.82, 2.24) is 20.2 Å². The zero-order chi connectivity index (χ0) is 19.5. The zero-order valence-electron chi connectivity index (χ0n) is 15.5. The minimum Gasteiger partial charge on any atom is -0.454 e. The molecule has 0 radical (unpaired) electrons. The number of rotatable bonds is 6. The van der Waals surface area contributed by atoms with Crippen LogP contribution in [0.5, 0.6) is 11.5 Å². The molecule has 8 nitrogen and oxygen atoms in total. The summed E-state index contributed by atoms with van der Waals surface area (Å²) in [6.45, 7) is 4.49. The summed E-state index contributed by atoms with van der Waals surface area (Å²) in [5.74, 6) is 1.78. The van der Waals surface area contributed by atoms with E-state index in [2.05, 4.69) is 46.8 Å². The van der Waals surface area contributed by atoms with Crippen molar-refractivity contribution in [3.05, 3.63) is 48.0 Å². The third-order valence-corrected chi connectivity index (χ3v) is 5.15. The van der Waals surface area contributed by atoms with Gasteiger partial charge in [0.25, 0.3) is 0 Å². The average Bonchev–Trinajstić information content (AvgIpc) is 3.35. The third-order valence-electron chi connectivity index (χ3n) is 4.23. The van der Waals surface area contributed by atoms with E-state index < -0.39 is 0 Å². The Bertz CT molecular complexity index is 987. The summed E-state index contributed by atoms with van der Waals surface area (Å²) in [4.78, 5) is 12.3. The molecule has 1 N–H and O–H groups in total. The largest absolute Gasteiger partial charge is 0.454 e. The van der Waals surface area contributed by atoms with Gasteiger partial charge in [-0.1, -0.05) is 37.7 Å². The van der Waals surface area contributed by atoms with Crippen molar-refractivity contribution >= 4 is 23.4 Å². The molecule has 0 spiro atoms. The van der Waals surface area contributed by atoms with Gasteiger partial charge in [-0.25, -0.2) is 0 Å². The summed E-state index contributed by atoms with van der Waals surface area (Å²) in [6.07, 6.45) is 0. The molecule has 0 aliphatic carbocycles. The fraction of sp³-hybridized carbons (Fsp3) is 0.263. The minimum absolute atomic E-state index is 0.159. The Labute approximate surface area is 166 Å². The molecule has 28 heavy (non-hydrogen) atoms. The molecule has 0 saturated heterocycles. The first kappa shape index (κ1) is 18.3. The van der Waals surface area contributed by atoms with Crippen LogP contribution in [0.3, 0.4) is 0 Å². The summed E-state index contributed by atoms with van der Waals surface area (Å²) >= 11 is 1.27. The topological polar surface area (TPSA) is 91.2 Å². The summed E-state index contributed by atoms with van der Waals surface area (Å²) in [5.41, 5.74) is 2.75. The van der Waals surface area contributed by atoms with Gasteiger partial charge in [-0.05, 0) is 46.2 Å². The van der Waals surface area contributed by atoms with Crippen LogP contribution in [0.2, 0.25) is 0 Å². The van der Waals surface area contributed by atoms with E-state index in [4.69, 9.17) is 9.47 Å². The van der Waals surface area contributed by atoms with Crippen molar-refractivity contribution in [2.24, 2.45) is 0 Å². The Balaban J connectivity index is 1.39. The Morgan fingerprint density at radius 3 is 2.75 bits per heavy atom. The lowest BCUT2D eigenvalue weighted by molar-refractivity contribution is -0.113. The van der Waals surface area contributed by atoms with Crippen LogP contribution in [0.1, 0.15) is 25.3 Å². The maximum Gasteiger partial charge on any atom is 0.234 e. The molecule has 0 bridgehead atoms. The molecule has 1 aliphatic rings. The highest BCUT2D eigenvalue weighted by Gasteiger charge is 2.15. The molecule has 1 aliphatic heterocycles. The first-order valence-corrected chi connectivity index (χ1v) is 9.80. The van der Waals surface area contributed by atoms with Crippen LogP contribution in [0.25, 0.3) is 5.69 Å². The van der Waals surface area contributed by atoms with Gasteiger partial charge in [0.1, 0.15) is 0 Å². The average molecular weight is 397 g/mol. The number of nitrogens with zero attached hydrogens (tertiary/aromatic N) is 4. The number of fused-ring (bicyclic) bond motifs is 1. The number of carbonyl (C=O) groups is 1. The molecule has 1 amide bonds. The van der Waals surface area contributed by atoms with Gasteiger partial charge in [-0.2, -0.15) is 4.68 Å². The van der Waals surface area contributed by atoms with Gasteiger partial charge in [0, 0.05) is 11.8 Å². The van der Waals surface area contributed by atoms with Gasteiger partial charge < -0.3 is 14.8 Å². The molecule has 2 aromatic carbocycles. The van der Waals surface area contributed by atoms with Crippen molar-refractivity contribution in [2.45, 2.75) is 24.9 Å². The first-order chi connectivity index (χ1) is 13.6. The Kier molecular flexibility index (Phi) is 5.16. The van der Waals surface area contributed by atoms with Crippen LogP contribution in [0.15, 0.2) is 47.6 Å². The quantitative estimate of drug-likeness (QED) is 0.639. The Morgan fingerprint density at radius 2 is 1.96 bits per heavy atom.